The number of benzene rings is 1. The first-order chi connectivity index (χ1) is 13.7. The highest BCUT2D eigenvalue weighted by atomic mass is 16.3. The van der Waals surface area contributed by atoms with Crippen molar-refractivity contribution in [2.24, 2.45) is 5.73 Å². The number of urea groups is 1. The molecule has 0 saturated heterocycles. The van der Waals surface area contributed by atoms with Crippen LogP contribution in [-0.4, -0.2) is 58.6 Å². The number of nitrogens with two attached hydrogens (primary N) is 1. The second kappa shape index (κ2) is 9.80. The molecule has 0 aliphatic heterocycles. The lowest BCUT2D eigenvalue weighted by Crippen LogP contribution is -2.52. The van der Waals surface area contributed by atoms with Gasteiger partial charge in [-0.3, -0.25) is 14.4 Å². The highest BCUT2D eigenvalue weighted by molar-refractivity contribution is 5.96. The molecule has 0 bridgehead atoms. The molecule has 2 rings (SSSR count). The van der Waals surface area contributed by atoms with Gasteiger partial charge in [0.1, 0.15) is 6.10 Å². The molecule has 3 unspecified atom stereocenters. The fraction of sp³-hybridized carbons (Fsp3) is 0.368. The molecule has 1 aromatic rings. The summed E-state index contributed by atoms with van der Waals surface area (Å²) in [5.41, 5.74) is 6.10. The van der Waals surface area contributed by atoms with E-state index in [9.17, 15) is 29.4 Å². The Morgan fingerprint density at radius 1 is 1.14 bits per heavy atom. The van der Waals surface area contributed by atoms with E-state index in [0.717, 1.165) is 0 Å². The van der Waals surface area contributed by atoms with E-state index >= 15 is 0 Å². The summed E-state index contributed by atoms with van der Waals surface area (Å²) in [6.45, 7) is 1.47. The van der Waals surface area contributed by atoms with Crippen LogP contribution in [0.25, 0.3) is 0 Å². The zero-order chi connectivity index (χ0) is 21.6. The topological polar surface area (TPSA) is 171 Å². The number of primary amides is 1. The number of Topliss-reactive ketones (excluding diaryl/α,β-unsaturated/α-hetero) is 1. The van der Waals surface area contributed by atoms with E-state index in [1.807, 2.05) is 0 Å². The smallest absolute Gasteiger partial charge is 0.319 e. The number of rotatable bonds is 7. The molecule has 4 amide bonds. The number of hydrogen-bond acceptors (Lipinski definition) is 6. The summed E-state index contributed by atoms with van der Waals surface area (Å²) >= 11 is 0. The molecule has 0 fully saturated rings. The SMILES string of the molecule is CC(=O)c1ccc(NC(=O)NC2C=C(C(=O)NCCC(N)=O)CC(O)C2O)cc1. The van der Waals surface area contributed by atoms with E-state index in [0.29, 0.717) is 11.3 Å². The molecule has 0 radical (unpaired) electrons. The normalized spacial score (nSPS) is 20.9. The van der Waals surface area contributed by atoms with Gasteiger partial charge in [-0.2, -0.15) is 0 Å². The number of aliphatic hydroxyl groups excluding tert-OH is 2. The molecule has 7 N–H and O–H groups in total. The van der Waals surface area contributed by atoms with Crippen molar-refractivity contribution in [3.8, 4) is 0 Å². The monoisotopic (exact) mass is 404 g/mol. The number of aliphatic hydroxyl groups is 2. The van der Waals surface area contributed by atoms with Gasteiger partial charge in [-0.1, -0.05) is 6.08 Å². The minimum absolute atomic E-state index is 0.0311. The second-order valence-electron chi connectivity index (χ2n) is 6.68. The summed E-state index contributed by atoms with van der Waals surface area (Å²) in [5.74, 6) is -1.19. The number of carbonyl (C=O) groups excluding carboxylic acids is 4. The first kappa shape index (κ1) is 22.1. The van der Waals surface area contributed by atoms with E-state index < -0.39 is 36.1 Å². The van der Waals surface area contributed by atoms with Crippen LogP contribution in [0.5, 0.6) is 0 Å². The molecule has 10 nitrogen and oxygen atoms in total. The quantitative estimate of drug-likeness (QED) is 0.332. The van der Waals surface area contributed by atoms with E-state index in [-0.39, 0.29) is 30.7 Å². The summed E-state index contributed by atoms with van der Waals surface area (Å²) in [6, 6.07) is 4.55. The van der Waals surface area contributed by atoms with Gasteiger partial charge in [-0.05, 0) is 31.2 Å². The Bertz CT molecular complexity index is 820. The summed E-state index contributed by atoms with van der Waals surface area (Å²) in [7, 11) is 0. The zero-order valence-corrected chi connectivity index (χ0v) is 15.8. The Labute approximate surface area is 167 Å². The fourth-order valence-corrected chi connectivity index (χ4v) is 2.78. The van der Waals surface area contributed by atoms with Gasteiger partial charge in [-0.15, -0.1) is 0 Å². The molecule has 1 aliphatic rings. The predicted octanol–water partition coefficient (Wildman–Crippen LogP) is -0.577. The van der Waals surface area contributed by atoms with Crippen LogP contribution >= 0.6 is 0 Å². The molecule has 3 atom stereocenters. The number of nitrogens with one attached hydrogen (secondary N) is 3. The molecule has 0 heterocycles. The molecule has 156 valence electrons. The standard InChI is InChI=1S/C19H24N4O6/c1-10(24)11-2-4-13(5-3-11)22-19(29)23-14-8-12(9-15(25)17(14)27)18(28)21-7-6-16(20)26/h2-5,8,14-15,17,25,27H,6-7,9H2,1H3,(H2,20,26)(H,21,28)(H2,22,23,29). The van der Waals surface area contributed by atoms with Gasteiger partial charge in [0, 0.05) is 36.2 Å². The third-order valence-corrected chi connectivity index (χ3v) is 4.37. The number of carbonyl (C=O) groups is 4. The van der Waals surface area contributed by atoms with Gasteiger partial charge in [0.2, 0.25) is 11.8 Å². The van der Waals surface area contributed by atoms with Crippen molar-refractivity contribution in [1.29, 1.82) is 0 Å². The Morgan fingerprint density at radius 2 is 1.79 bits per heavy atom. The molecule has 1 aromatic carbocycles. The van der Waals surface area contributed by atoms with Crippen LogP contribution in [-0.2, 0) is 9.59 Å². The highest BCUT2D eigenvalue weighted by Gasteiger charge is 2.33. The van der Waals surface area contributed by atoms with Crippen molar-refractivity contribution in [3.05, 3.63) is 41.5 Å². The van der Waals surface area contributed by atoms with Crippen LogP contribution in [0.3, 0.4) is 0 Å². The van der Waals surface area contributed by atoms with Crippen molar-refractivity contribution in [3.63, 3.8) is 0 Å². The van der Waals surface area contributed by atoms with Gasteiger partial charge < -0.3 is 31.9 Å². The van der Waals surface area contributed by atoms with Crippen LogP contribution in [0.4, 0.5) is 10.5 Å². The Balaban J connectivity index is 2.00. The van der Waals surface area contributed by atoms with Gasteiger partial charge >= 0.3 is 6.03 Å². The van der Waals surface area contributed by atoms with Gasteiger partial charge in [0.05, 0.1) is 12.1 Å². The van der Waals surface area contributed by atoms with Gasteiger partial charge in [0.25, 0.3) is 0 Å². The van der Waals surface area contributed by atoms with Crippen LogP contribution in [0.15, 0.2) is 35.9 Å². The van der Waals surface area contributed by atoms with Gasteiger partial charge in [0.15, 0.2) is 5.78 Å². The van der Waals surface area contributed by atoms with Crippen LogP contribution in [0.2, 0.25) is 0 Å². The molecule has 29 heavy (non-hydrogen) atoms. The average Bonchev–Trinajstić information content (AvgIpc) is 2.65. The van der Waals surface area contributed by atoms with Crippen LogP contribution < -0.4 is 21.7 Å². The second-order valence-corrected chi connectivity index (χ2v) is 6.68. The maximum atomic E-state index is 12.2. The molecule has 0 spiro atoms. The third kappa shape index (κ3) is 6.40. The highest BCUT2D eigenvalue weighted by Crippen LogP contribution is 2.20. The Kier molecular flexibility index (Phi) is 7.46. The molecular weight excluding hydrogens is 380 g/mol. The van der Waals surface area contributed by atoms with E-state index in [1.54, 1.807) is 24.3 Å². The van der Waals surface area contributed by atoms with Crippen LogP contribution in [0.1, 0.15) is 30.1 Å². The lowest BCUT2D eigenvalue weighted by molar-refractivity contribution is -0.119. The Morgan fingerprint density at radius 3 is 2.38 bits per heavy atom. The maximum Gasteiger partial charge on any atom is 0.319 e. The lowest BCUT2D eigenvalue weighted by Gasteiger charge is -2.31. The van der Waals surface area contributed by atoms with Crippen LogP contribution in [0, 0.1) is 0 Å². The summed E-state index contributed by atoms with van der Waals surface area (Å²) < 4.78 is 0. The number of amides is 4. The van der Waals surface area contributed by atoms with E-state index in [1.165, 1.54) is 13.0 Å². The first-order valence-corrected chi connectivity index (χ1v) is 8.99. The van der Waals surface area contributed by atoms with Crippen molar-refractivity contribution in [1.82, 2.24) is 10.6 Å². The van der Waals surface area contributed by atoms with Crippen molar-refractivity contribution < 1.29 is 29.4 Å². The fourth-order valence-electron chi connectivity index (χ4n) is 2.78. The summed E-state index contributed by atoms with van der Waals surface area (Å²) in [5, 5.41) is 27.7. The molecule has 10 heteroatoms. The predicted molar refractivity (Wildman–Crippen MR) is 104 cm³/mol. The third-order valence-electron chi connectivity index (χ3n) is 4.37. The van der Waals surface area contributed by atoms with Crippen molar-refractivity contribution >= 4 is 29.3 Å². The number of ketones is 1. The maximum absolute atomic E-state index is 12.2. The van der Waals surface area contributed by atoms with E-state index in [2.05, 4.69) is 16.0 Å². The minimum Gasteiger partial charge on any atom is -0.390 e. The summed E-state index contributed by atoms with van der Waals surface area (Å²) in [4.78, 5) is 46.4. The first-order valence-electron chi connectivity index (χ1n) is 8.99. The van der Waals surface area contributed by atoms with Crippen molar-refractivity contribution in [2.45, 2.75) is 38.0 Å². The van der Waals surface area contributed by atoms with Crippen molar-refractivity contribution in [2.75, 3.05) is 11.9 Å². The number of hydrogen-bond donors (Lipinski definition) is 6. The molecule has 0 aromatic heterocycles. The zero-order valence-electron chi connectivity index (χ0n) is 15.8. The van der Waals surface area contributed by atoms with Gasteiger partial charge in [-0.25, -0.2) is 4.79 Å². The molecule has 0 saturated carbocycles. The molecule has 1 aliphatic carbocycles. The lowest BCUT2D eigenvalue weighted by atomic mass is 9.90. The Hall–Kier alpha value is -3.24. The average molecular weight is 404 g/mol. The molecular formula is C19H24N4O6. The largest absolute Gasteiger partial charge is 0.390 e. The van der Waals surface area contributed by atoms with E-state index in [4.69, 9.17) is 5.73 Å². The summed E-state index contributed by atoms with van der Waals surface area (Å²) in [6.07, 6.45) is -1.33. The number of anilines is 1. The minimum atomic E-state index is -1.30.